The van der Waals surface area contributed by atoms with Crippen molar-refractivity contribution in [1.82, 2.24) is 18.3 Å². The fourth-order valence-electron chi connectivity index (χ4n) is 13.5. The Hall–Kier alpha value is -9.94. The summed E-state index contributed by atoms with van der Waals surface area (Å²) in [6, 6.07) is 97.0. The Morgan fingerprint density at radius 1 is 0.266 bits per heavy atom. The number of benzene rings is 12. The SMILES string of the molecule is Cc1cc(-n2c3ccccc3c3ccccc32)cc(-n2c3ccc(-c4ccc(Cc5ccc(-n6c7ccccc7c7c8c(ccc76)sc6ccccc68)cc5)cc4)cc3c3c4c5ccccc5n(-c5ccccc5)c4ccc32)c1. The first-order valence-electron chi connectivity index (χ1n) is 27.3. The fraction of sp³-hybridized carbons (Fsp3) is 0.0270. The molecule has 0 N–H and O–H groups in total. The highest BCUT2D eigenvalue weighted by molar-refractivity contribution is 7.26. The zero-order valence-electron chi connectivity index (χ0n) is 43.2. The highest BCUT2D eigenvalue weighted by Crippen LogP contribution is 2.46. The van der Waals surface area contributed by atoms with Gasteiger partial charge in [0.25, 0.3) is 0 Å². The normalized spacial score (nSPS) is 12.2. The van der Waals surface area contributed by atoms with Crippen LogP contribution in [0.25, 0.3) is 141 Å². The number of aryl methyl sites for hydroxylation is 1. The summed E-state index contributed by atoms with van der Waals surface area (Å²) < 4.78 is 12.5. The zero-order valence-corrected chi connectivity index (χ0v) is 44.0. The van der Waals surface area contributed by atoms with Gasteiger partial charge in [-0.1, -0.05) is 152 Å². The molecule has 12 aromatic carbocycles. The van der Waals surface area contributed by atoms with Crippen LogP contribution in [0.2, 0.25) is 0 Å². The maximum Gasteiger partial charge on any atom is 0.0548 e. The second-order valence-corrected chi connectivity index (χ2v) is 22.4. The predicted molar refractivity (Wildman–Crippen MR) is 336 cm³/mol. The largest absolute Gasteiger partial charge is 0.309 e. The zero-order chi connectivity index (χ0) is 51.9. The molecule has 5 heteroatoms. The van der Waals surface area contributed by atoms with Gasteiger partial charge in [-0.05, 0) is 150 Å². The van der Waals surface area contributed by atoms with Crippen molar-refractivity contribution in [1.29, 1.82) is 0 Å². The molecule has 17 rings (SSSR count). The van der Waals surface area contributed by atoms with Gasteiger partial charge in [0.1, 0.15) is 0 Å². The minimum Gasteiger partial charge on any atom is -0.309 e. The first-order chi connectivity index (χ1) is 39.1. The summed E-state index contributed by atoms with van der Waals surface area (Å²) in [6.07, 6.45) is 0.846. The van der Waals surface area contributed by atoms with Crippen LogP contribution in [0.4, 0.5) is 0 Å². The van der Waals surface area contributed by atoms with E-state index in [1.165, 1.54) is 141 Å². The Morgan fingerprint density at radius 2 is 0.684 bits per heavy atom. The van der Waals surface area contributed by atoms with Gasteiger partial charge in [0.15, 0.2) is 0 Å². The van der Waals surface area contributed by atoms with Crippen LogP contribution in [-0.2, 0) is 6.42 Å². The van der Waals surface area contributed by atoms with Crippen molar-refractivity contribution >= 4 is 119 Å². The van der Waals surface area contributed by atoms with E-state index < -0.39 is 0 Å². The van der Waals surface area contributed by atoms with E-state index in [2.05, 4.69) is 286 Å². The molecule has 0 aliphatic heterocycles. The molecular weight excluding hydrogens is 977 g/mol. The molecule has 370 valence electrons. The number of rotatable bonds is 7. The Bertz CT molecular complexity index is 5280. The Balaban J connectivity index is 0.780. The van der Waals surface area contributed by atoms with E-state index in [0.717, 1.165) is 23.5 Å². The Labute approximate surface area is 459 Å². The first kappa shape index (κ1) is 44.2. The molecule has 0 atom stereocenters. The van der Waals surface area contributed by atoms with E-state index in [4.69, 9.17) is 0 Å². The van der Waals surface area contributed by atoms with Crippen LogP contribution >= 0.6 is 11.3 Å². The second-order valence-electron chi connectivity index (χ2n) is 21.3. The average molecular weight is 1030 g/mol. The topological polar surface area (TPSA) is 19.7 Å². The number of hydrogen-bond donors (Lipinski definition) is 0. The van der Waals surface area contributed by atoms with Gasteiger partial charge in [0.05, 0.1) is 44.1 Å². The molecule has 0 bridgehead atoms. The smallest absolute Gasteiger partial charge is 0.0548 e. The van der Waals surface area contributed by atoms with Gasteiger partial charge in [-0.15, -0.1) is 11.3 Å². The maximum absolute atomic E-state index is 2.51. The van der Waals surface area contributed by atoms with Crippen LogP contribution in [0, 0.1) is 6.92 Å². The van der Waals surface area contributed by atoms with Gasteiger partial charge in [-0.3, -0.25) is 0 Å². The molecule has 4 nitrogen and oxygen atoms in total. The number of para-hydroxylation sites is 5. The van der Waals surface area contributed by atoms with Crippen molar-refractivity contribution in [3.8, 4) is 33.9 Å². The Morgan fingerprint density at radius 3 is 1.30 bits per heavy atom. The van der Waals surface area contributed by atoms with Crippen molar-refractivity contribution in [3.63, 3.8) is 0 Å². The van der Waals surface area contributed by atoms with E-state index in [9.17, 15) is 0 Å². The van der Waals surface area contributed by atoms with Crippen LogP contribution in [0.1, 0.15) is 16.7 Å². The van der Waals surface area contributed by atoms with E-state index in [-0.39, 0.29) is 0 Å². The minimum absolute atomic E-state index is 0.846. The third-order valence-corrected chi connectivity index (χ3v) is 17.9. The number of hydrogen-bond acceptors (Lipinski definition) is 1. The van der Waals surface area contributed by atoms with Crippen molar-refractivity contribution < 1.29 is 0 Å². The number of aromatic nitrogens is 4. The standard InChI is InChI=1S/C74H48N4S/c1-46-41-53(77-61-22-10-5-17-55(61)56-18-6-11-23-62(56)77)45-54(42-46)78-65-36-33-50(44-60(65)73-67(78)38-37-66-71(73)57-19-7-12-24-63(57)75(66)51-15-3-2-4-16-51)49-31-27-47(28-32-49)43-48-29-34-52(35-30-48)76-64-25-13-8-20-58(64)72-68(76)39-40-70-74(72)59-21-9-14-26-69(59)79-70/h2-42,44-45H,43H2,1H3. The van der Waals surface area contributed by atoms with Crippen molar-refractivity contribution in [2.24, 2.45) is 0 Å². The molecule has 17 aromatic rings. The summed E-state index contributed by atoms with van der Waals surface area (Å²) in [5.74, 6) is 0. The molecule has 0 aliphatic carbocycles. The summed E-state index contributed by atoms with van der Waals surface area (Å²) in [7, 11) is 0. The quantitative estimate of drug-likeness (QED) is 0.152. The van der Waals surface area contributed by atoms with Crippen molar-refractivity contribution in [2.45, 2.75) is 13.3 Å². The summed E-state index contributed by atoms with van der Waals surface area (Å²) in [6.45, 7) is 2.23. The van der Waals surface area contributed by atoms with Gasteiger partial charge >= 0.3 is 0 Å². The van der Waals surface area contributed by atoms with E-state index in [0.29, 0.717) is 0 Å². The molecule has 0 spiro atoms. The third-order valence-electron chi connectivity index (χ3n) is 16.8. The summed E-state index contributed by atoms with van der Waals surface area (Å²) in [5, 5.41) is 12.8. The molecule has 0 radical (unpaired) electrons. The van der Waals surface area contributed by atoms with Crippen LogP contribution < -0.4 is 0 Å². The van der Waals surface area contributed by atoms with Crippen molar-refractivity contribution in [2.75, 3.05) is 0 Å². The summed E-state index contributed by atoms with van der Waals surface area (Å²) >= 11 is 1.88. The van der Waals surface area contributed by atoms with E-state index >= 15 is 0 Å². The fourth-order valence-corrected chi connectivity index (χ4v) is 14.6. The maximum atomic E-state index is 2.51. The monoisotopic (exact) mass is 1020 g/mol. The molecule has 0 amide bonds. The molecular formula is C74H48N4S. The predicted octanol–water partition coefficient (Wildman–Crippen LogP) is 20.0. The number of nitrogens with zero attached hydrogens (tertiary/aromatic N) is 4. The molecule has 0 aliphatic rings. The molecule has 5 aromatic heterocycles. The van der Waals surface area contributed by atoms with E-state index in [1.807, 2.05) is 11.3 Å². The molecule has 0 saturated heterocycles. The first-order valence-corrected chi connectivity index (χ1v) is 28.1. The highest BCUT2D eigenvalue weighted by atomic mass is 32.1. The minimum atomic E-state index is 0.846. The average Bonchev–Trinajstić information content (AvgIpc) is 3.73. The third kappa shape index (κ3) is 6.60. The summed E-state index contributed by atoms with van der Waals surface area (Å²) in [4.78, 5) is 0. The lowest BCUT2D eigenvalue weighted by Crippen LogP contribution is -2.00. The van der Waals surface area contributed by atoms with Gasteiger partial charge in [-0.25, -0.2) is 0 Å². The van der Waals surface area contributed by atoms with E-state index in [1.54, 1.807) is 0 Å². The van der Waals surface area contributed by atoms with Gasteiger partial charge < -0.3 is 18.3 Å². The molecule has 0 unspecified atom stereocenters. The van der Waals surface area contributed by atoms with Gasteiger partial charge in [-0.2, -0.15) is 0 Å². The summed E-state index contributed by atoms with van der Waals surface area (Å²) in [5.41, 5.74) is 20.4. The Kier molecular flexibility index (Phi) is 9.53. The van der Waals surface area contributed by atoms with Crippen LogP contribution in [-0.4, -0.2) is 18.3 Å². The highest BCUT2D eigenvalue weighted by Gasteiger charge is 2.23. The second kappa shape index (κ2) is 17.0. The van der Waals surface area contributed by atoms with Gasteiger partial charge in [0.2, 0.25) is 0 Å². The van der Waals surface area contributed by atoms with Gasteiger partial charge in [0, 0.05) is 86.0 Å². The lowest BCUT2D eigenvalue weighted by Gasteiger charge is -2.14. The molecule has 0 fully saturated rings. The van der Waals surface area contributed by atoms with Crippen molar-refractivity contribution in [3.05, 3.63) is 278 Å². The van der Waals surface area contributed by atoms with Crippen LogP contribution in [0.5, 0.6) is 0 Å². The van der Waals surface area contributed by atoms with Crippen LogP contribution in [0.15, 0.2) is 261 Å². The lowest BCUT2D eigenvalue weighted by atomic mass is 9.98. The lowest BCUT2D eigenvalue weighted by molar-refractivity contribution is 1.12. The number of thiophene rings is 1. The van der Waals surface area contributed by atoms with Crippen LogP contribution in [0.3, 0.4) is 0 Å². The molecule has 79 heavy (non-hydrogen) atoms. The molecule has 5 heterocycles. The number of fused-ring (bicyclic) bond motifs is 17. The molecule has 0 saturated carbocycles.